The number of halogens is 2. The van der Waals surface area contributed by atoms with Gasteiger partial charge in [-0.1, -0.05) is 6.92 Å². The summed E-state index contributed by atoms with van der Waals surface area (Å²) < 4.78 is 26.8. The first-order valence-corrected chi connectivity index (χ1v) is 6.43. The minimum atomic E-state index is -2.59. The Hall–Kier alpha value is -1.26. The van der Waals surface area contributed by atoms with Gasteiger partial charge in [0.2, 0.25) is 5.92 Å². The molecule has 5 heteroatoms. The van der Waals surface area contributed by atoms with Gasteiger partial charge in [-0.2, -0.15) is 0 Å². The van der Waals surface area contributed by atoms with Gasteiger partial charge in [0.25, 0.3) is 0 Å². The average molecular weight is 255 g/mol. The topological polar surface area (TPSA) is 51.8 Å². The number of alkyl halides is 2. The molecule has 1 aromatic rings. The van der Waals surface area contributed by atoms with E-state index in [0.717, 1.165) is 24.1 Å². The number of nitrogens with zero attached hydrogens (tertiary/aromatic N) is 2. The summed E-state index contributed by atoms with van der Waals surface area (Å²) in [4.78, 5) is 8.62. The normalized spacial score (nSPS) is 23.0. The summed E-state index contributed by atoms with van der Waals surface area (Å²) in [5.41, 5.74) is 7.56. The maximum atomic E-state index is 13.4. The first-order valence-electron chi connectivity index (χ1n) is 6.43. The van der Waals surface area contributed by atoms with E-state index in [1.807, 2.05) is 13.8 Å². The summed E-state index contributed by atoms with van der Waals surface area (Å²) in [6.45, 7) is 3.85. The highest BCUT2D eigenvalue weighted by Crippen LogP contribution is 2.41. The molecule has 100 valence electrons. The summed E-state index contributed by atoms with van der Waals surface area (Å²) in [6, 6.07) is 0. The Labute approximate surface area is 106 Å². The first kappa shape index (κ1) is 13.2. The maximum absolute atomic E-state index is 13.4. The highest BCUT2D eigenvalue weighted by Gasteiger charge is 2.38. The van der Waals surface area contributed by atoms with Crippen LogP contribution in [0.3, 0.4) is 0 Å². The lowest BCUT2D eigenvalue weighted by Crippen LogP contribution is -2.26. The number of hydrogen-bond donors (Lipinski definition) is 1. The van der Waals surface area contributed by atoms with Gasteiger partial charge in [0.05, 0.1) is 0 Å². The Kier molecular flexibility index (Phi) is 3.50. The molecule has 1 aromatic heterocycles. The highest BCUT2D eigenvalue weighted by atomic mass is 19.3. The number of aromatic nitrogens is 2. The smallest absolute Gasteiger partial charge is 0.248 e. The van der Waals surface area contributed by atoms with Gasteiger partial charge in [-0.05, 0) is 26.2 Å². The van der Waals surface area contributed by atoms with E-state index in [1.165, 1.54) is 0 Å². The van der Waals surface area contributed by atoms with Crippen molar-refractivity contribution in [1.82, 2.24) is 9.97 Å². The van der Waals surface area contributed by atoms with Crippen LogP contribution in [0.2, 0.25) is 0 Å². The molecule has 1 fully saturated rings. The molecule has 1 aliphatic carbocycles. The minimum absolute atomic E-state index is 0.0223. The van der Waals surface area contributed by atoms with Crippen molar-refractivity contribution in [3.05, 3.63) is 17.1 Å². The summed E-state index contributed by atoms with van der Waals surface area (Å²) in [5.74, 6) is -1.93. The van der Waals surface area contributed by atoms with Crippen molar-refractivity contribution in [2.24, 2.45) is 0 Å². The van der Waals surface area contributed by atoms with Crippen LogP contribution in [0.4, 0.5) is 14.6 Å². The van der Waals surface area contributed by atoms with Gasteiger partial charge in [0, 0.05) is 30.0 Å². The van der Waals surface area contributed by atoms with E-state index in [4.69, 9.17) is 5.73 Å². The Bertz CT molecular complexity index is 446. The SMILES string of the molecule is CCc1nc(C2CCCC(F)(F)C2)nc(N)c1C. The van der Waals surface area contributed by atoms with E-state index in [0.29, 0.717) is 18.1 Å². The molecule has 18 heavy (non-hydrogen) atoms. The molecule has 0 aliphatic heterocycles. The van der Waals surface area contributed by atoms with E-state index < -0.39 is 5.92 Å². The predicted molar refractivity (Wildman–Crippen MR) is 66.7 cm³/mol. The minimum Gasteiger partial charge on any atom is -0.383 e. The second-order valence-electron chi connectivity index (χ2n) is 5.04. The van der Waals surface area contributed by atoms with Gasteiger partial charge in [-0.3, -0.25) is 0 Å². The number of rotatable bonds is 2. The second kappa shape index (κ2) is 4.78. The van der Waals surface area contributed by atoms with Gasteiger partial charge in [0.15, 0.2) is 0 Å². The second-order valence-corrected chi connectivity index (χ2v) is 5.04. The molecular weight excluding hydrogens is 236 g/mol. The van der Waals surface area contributed by atoms with Crippen molar-refractivity contribution >= 4 is 5.82 Å². The Morgan fingerprint density at radius 3 is 2.72 bits per heavy atom. The third kappa shape index (κ3) is 2.60. The van der Waals surface area contributed by atoms with Crippen LogP contribution >= 0.6 is 0 Å². The number of hydrogen-bond acceptors (Lipinski definition) is 3. The van der Waals surface area contributed by atoms with Crippen LogP contribution in [0.5, 0.6) is 0 Å². The van der Waals surface area contributed by atoms with E-state index in [-0.39, 0.29) is 18.8 Å². The van der Waals surface area contributed by atoms with E-state index in [1.54, 1.807) is 0 Å². The summed E-state index contributed by atoms with van der Waals surface area (Å²) in [5, 5.41) is 0. The standard InChI is InChI=1S/C13H19F2N3/c1-3-10-8(2)11(16)18-12(17-10)9-5-4-6-13(14,15)7-9/h9H,3-7H2,1-2H3,(H2,16,17,18). The first-order chi connectivity index (χ1) is 8.43. The molecule has 1 aliphatic rings. The molecule has 0 spiro atoms. The Balaban J connectivity index is 2.30. The fourth-order valence-electron chi connectivity index (χ4n) is 2.52. The van der Waals surface area contributed by atoms with Crippen LogP contribution in [-0.4, -0.2) is 15.9 Å². The molecule has 1 atom stereocenters. The summed E-state index contributed by atoms with van der Waals surface area (Å²) in [6.07, 6.45) is 1.82. The van der Waals surface area contributed by atoms with Crippen molar-refractivity contribution in [3.8, 4) is 0 Å². The van der Waals surface area contributed by atoms with Gasteiger partial charge in [0.1, 0.15) is 11.6 Å². The van der Waals surface area contributed by atoms with E-state index in [2.05, 4.69) is 9.97 Å². The van der Waals surface area contributed by atoms with Gasteiger partial charge >= 0.3 is 0 Å². The highest BCUT2D eigenvalue weighted by molar-refractivity contribution is 5.41. The van der Waals surface area contributed by atoms with Crippen LogP contribution in [-0.2, 0) is 6.42 Å². The molecule has 1 heterocycles. The molecular formula is C13H19F2N3. The number of nitrogens with two attached hydrogens (primary N) is 1. The van der Waals surface area contributed by atoms with Gasteiger partial charge < -0.3 is 5.73 Å². The lowest BCUT2D eigenvalue weighted by molar-refractivity contribution is -0.0417. The van der Waals surface area contributed by atoms with Crippen molar-refractivity contribution in [1.29, 1.82) is 0 Å². The van der Waals surface area contributed by atoms with Crippen molar-refractivity contribution < 1.29 is 8.78 Å². The van der Waals surface area contributed by atoms with Crippen LogP contribution in [0.1, 0.15) is 55.6 Å². The molecule has 2 N–H and O–H groups in total. The molecule has 2 rings (SSSR count). The third-order valence-corrected chi connectivity index (χ3v) is 3.64. The molecule has 1 saturated carbocycles. The summed E-state index contributed by atoms with van der Waals surface area (Å²) in [7, 11) is 0. The third-order valence-electron chi connectivity index (χ3n) is 3.64. The number of anilines is 1. The molecule has 3 nitrogen and oxygen atoms in total. The van der Waals surface area contributed by atoms with E-state index in [9.17, 15) is 8.78 Å². The van der Waals surface area contributed by atoms with Crippen LogP contribution in [0.15, 0.2) is 0 Å². The predicted octanol–water partition coefficient (Wildman–Crippen LogP) is 3.22. The fourth-order valence-corrected chi connectivity index (χ4v) is 2.52. The monoisotopic (exact) mass is 255 g/mol. The van der Waals surface area contributed by atoms with E-state index >= 15 is 0 Å². The largest absolute Gasteiger partial charge is 0.383 e. The molecule has 0 radical (unpaired) electrons. The van der Waals surface area contributed by atoms with Gasteiger partial charge in [-0.15, -0.1) is 0 Å². The quantitative estimate of drug-likeness (QED) is 0.882. The zero-order chi connectivity index (χ0) is 13.3. The Morgan fingerprint density at radius 2 is 2.11 bits per heavy atom. The summed E-state index contributed by atoms with van der Waals surface area (Å²) >= 11 is 0. The fraction of sp³-hybridized carbons (Fsp3) is 0.692. The molecule has 0 saturated heterocycles. The zero-order valence-corrected chi connectivity index (χ0v) is 10.8. The van der Waals surface area contributed by atoms with Crippen LogP contribution in [0, 0.1) is 6.92 Å². The molecule has 0 bridgehead atoms. The Morgan fingerprint density at radius 1 is 1.39 bits per heavy atom. The number of aryl methyl sites for hydroxylation is 1. The van der Waals surface area contributed by atoms with Crippen molar-refractivity contribution in [3.63, 3.8) is 0 Å². The zero-order valence-electron chi connectivity index (χ0n) is 10.8. The van der Waals surface area contributed by atoms with Crippen molar-refractivity contribution in [2.75, 3.05) is 5.73 Å². The van der Waals surface area contributed by atoms with Crippen molar-refractivity contribution in [2.45, 2.75) is 57.8 Å². The lowest BCUT2D eigenvalue weighted by atomic mass is 9.86. The van der Waals surface area contributed by atoms with Crippen LogP contribution in [0.25, 0.3) is 0 Å². The number of nitrogen functional groups attached to an aromatic ring is 1. The lowest BCUT2D eigenvalue weighted by Gasteiger charge is -2.28. The molecule has 0 aromatic carbocycles. The average Bonchev–Trinajstić information content (AvgIpc) is 2.31. The molecule has 0 amide bonds. The maximum Gasteiger partial charge on any atom is 0.248 e. The van der Waals surface area contributed by atoms with Gasteiger partial charge in [-0.25, -0.2) is 18.7 Å². The van der Waals surface area contributed by atoms with Crippen LogP contribution < -0.4 is 5.73 Å². The molecule has 1 unspecified atom stereocenters.